The molecule has 40 heavy (non-hydrogen) atoms. The Labute approximate surface area is 244 Å². The van der Waals surface area contributed by atoms with Crippen molar-refractivity contribution in [1.29, 1.82) is 0 Å². The van der Waals surface area contributed by atoms with Crippen molar-refractivity contribution in [2.45, 2.75) is 38.8 Å². The van der Waals surface area contributed by atoms with Gasteiger partial charge in [-0.05, 0) is 81.3 Å². The van der Waals surface area contributed by atoms with E-state index in [1.807, 2.05) is 48.5 Å². The van der Waals surface area contributed by atoms with Crippen LogP contribution in [0.4, 0.5) is 21.9 Å². The van der Waals surface area contributed by atoms with Gasteiger partial charge in [-0.2, -0.15) is 0 Å². The number of carbonyl (C=O) groups is 2. The third-order valence-electron chi connectivity index (χ3n) is 6.98. The van der Waals surface area contributed by atoms with Crippen LogP contribution in [0.15, 0.2) is 54.6 Å². The zero-order valence-corrected chi connectivity index (χ0v) is 24.6. The summed E-state index contributed by atoms with van der Waals surface area (Å²) in [6.45, 7) is 11.0. The number of amides is 2. The number of thiophene rings is 1. The number of nitrogens with zero attached hydrogens (tertiary/aromatic N) is 2. The van der Waals surface area contributed by atoms with Gasteiger partial charge in [-0.3, -0.25) is 15.0 Å². The molecule has 212 valence electrons. The summed E-state index contributed by atoms with van der Waals surface area (Å²) in [7, 11) is 0. The summed E-state index contributed by atoms with van der Waals surface area (Å²) in [4.78, 5) is 31.7. The topological polar surface area (TPSA) is 83.1 Å². The van der Waals surface area contributed by atoms with Gasteiger partial charge in [-0.1, -0.05) is 17.7 Å². The van der Waals surface area contributed by atoms with Crippen LogP contribution in [0.25, 0.3) is 10.4 Å². The van der Waals surface area contributed by atoms with E-state index >= 15 is 0 Å². The second-order valence-electron chi connectivity index (χ2n) is 11.0. The molecule has 10 heteroatoms. The van der Waals surface area contributed by atoms with Crippen LogP contribution < -0.4 is 15.5 Å². The molecule has 0 aliphatic carbocycles. The standard InChI is InChI=1S/C30H35ClN4O4S/c1-30(2,3)39-29(37)33-24-9-6-21(26-10-11-27(31)40-26)18-25(24)32-28(36)20-4-7-22(8-5-20)35-13-12-23(19-35)34-14-16-38-17-15-34/h4-11,18,23H,12-17,19H2,1-3H3,(H,32,36)(H,33,37). The molecule has 2 amide bonds. The smallest absolute Gasteiger partial charge is 0.412 e. The predicted octanol–water partition coefficient (Wildman–Crippen LogP) is 6.58. The van der Waals surface area contributed by atoms with Crippen LogP contribution in [0, 0.1) is 0 Å². The minimum Gasteiger partial charge on any atom is -0.444 e. The first kappa shape index (κ1) is 28.4. The molecular weight excluding hydrogens is 548 g/mol. The lowest BCUT2D eigenvalue weighted by Gasteiger charge is -2.32. The van der Waals surface area contributed by atoms with Gasteiger partial charge in [0, 0.05) is 48.3 Å². The highest BCUT2D eigenvalue weighted by Crippen LogP contribution is 2.35. The molecule has 1 aromatic heterocycles. The highest BCUT2D eigenvalue weighted by molar-refractivity contribution is 7.19. The summed E-state index contributed by atoms with van der Waals surface area (Å²) in [5.41, 5.74) is 2.77. The van der Waals surface area contributed by atoms with Crippen LogP contribution in [0.2, 0.25) is 4.34 Å². The Balaban J connectivity index is 1.30. The molecule has 2 N–H and O–H groups in total. The first-order chi connectivity index (χ1) is 19.1. The zero-order chi connectivity index (χ0) is 28.3. The summed E-state index contributed by atoms with van der Waals surface area (Å²) in [6, 6.07) is 17.4. The summed E-state index contributed by atoms with van der Waals surface area (Å²) < 4.78 is 11.6. The minimum atomic E-state index is -0.652. The molecule has 1 unspecified atom stereocenters. The van der Waals surface area contributed by atoms with Crippen molar-refractivity contribution in [1.82, 2.24) is 4.90 Å². The molecule has 0 spiro atoms. The van der Waals surface area contributed by atoms with Gasteiger partial charge in [0.2, 0.25) is 0 Å². The van der Waals surface area contributed by atoms with E-state index in [9.17, 15) is 9.59 Å². The average molecular weight is 583 g/mol. The number of ether oxygens (including phenoxy) is 2. The Bertz CT molecular complexity index is 1350. The van der Waals surface area contributed by atoms with Crippen LogP contribution in [0.3, 0.4) is 0 Å². The van der Waals surface area contributed by atoms with Crippen LogP contribution >= 0.6 is 22.9 Å². The van der Waals surface area contributed by atoms with Crippen LogP contribution in [0.5, 0.6) is 0 Å². The molecule has 2 aromatic carbocycles. The fraction of sp³-hybridized carbons (Fsp3) is 0.400. The number of hydrogen-bond donors (Lipinski definition) is 2. The second kappa shape index (κ2) is 12.2. The van der Waals surface area contributed by atoms with Gasteiger partial charge < -0.3 is 19.7 Å². The van der Waals surface area contributed by atoms with Gasteiger partial charge in [0.1, 0.15) is 5.60 Å². The number of benzene rings is 2. The average Bonchev–Trinajstić information content (AvgIpc) is 3.59. The van der Waals surface area contributed by atoms with Crippen molar-refractivity contribution in [3.63, 3.8) is 0 Å². The van der Waals surface area contributed by atoms with Gasteiger partial charge >= 0.3 is 6.09 Å². The largest absolute Gasteiger partial charge is 0.444 e. The maximum atomic E-state index is 13.3. The number of halogens is 1. The number of morpholine rings is 1. The van der Waals surface area contributed by atoms with Crippen molar-refractivity contribution in [2.24, 2.45) is 0 Å². The Morgan fingerprint density at radius 1 is 0.975 bits per heavy atom. The first-order valence-electron chi connectivity index (χ1n) is 13.5. The zero-order valence-electron chi connectivity index (χ0n) is 23.0. The lowest BCUT2D eigenvalue weighted by atomic mass is 10.1. The minimum absolute atomic E-state index is 0.271. The SMILES string of the molecule is CC(C)(C)OC(=O)Nc1ccc(-c2ccc(Cl)s2)cc1NC(=O)c1ccc(N2CCC(N3CCOCC3)C2)cc1. The molecule has 0 bridgehead atoms. The van der Waals surface area contributed by atoms with Crippen LogP contribution in [-0.4, -0.2) is 67.9 Å². The Kier molecular flexibility index (Phi) is 8.65. The van der Waals surface area contributed by atoms with E-state index in [0.717, 1.165) is 61.9 Å². The number of carbonyl (C=O) groups excluding carboxylic acids is 2. The van der Waals surface area contributed by atoms with E-state index in [2.05, 4.69) is 20.4 Å². The van der Waals surface area contributed by atoms with Crippen molar-refractivity contribution < 1.29 is 19.1 Å². The molecular formula is C30H35ClN4O4S. The van der Waals surface area contributed by atoms with Gasteiger partial charge in [-0.25, -0.2) is 4.79 Å². The molecule has 2 saturated heterocycles. The predicted molar refractivity (Wildman–Crippen MR) is 162 cm³/mol. The first-order valence-corrected chi connectivity index (χ1v) is 14.7. The van der Waals surface area contributed by atoms with E-state index in [4.69, 9.17) is 21.1 Å². The van der Waals surface area contributed by atoms with Crippen molar-refractivity contribution in [2.75, 3.05) is 54.9 Å². The van der Waals surface area contributed by atoms with Gasteiger partial charge in [0.25, 0.3) is 5.91 Å². The summed E-state index contributed by atoms with van der Waals surface area (Å²) in [5.74, 6) is -0.271. The summed E-state index contributed by atoms with van der Waals surface area (Å²) in [6.07, 6.45) is 0.529. The molecule has 5 rings (SSSR count). The highest BCUT2D eigenvalue weighted by atomic mass is 35.5. The lowest BCUT2D eigenvalue weighted by molar-refractivity contribution is 0.0209. The van der Waals surface area contributed by atoms with E-state index in [1.54, 1.807) is 26.8 Å². The Morgan fingerprint density at radius 3 is 2.40 bits per heavy atom. The van der Waals surface area contributed by atoms with Gasteiger partial charge in [-0.15, -0.1) is 11.3 Å². The van der Waals surface area contributed by atoms with Gasteiger partial charge in [0.05, 0.1) is 28.9 Å². The fourth-order valence-corrected chi connectivity index (χ4v) is 6.07. The third kappa shape index (κ3) is 7.14. The quantitative estimate of drug-likeness (QED) is 0.342. The molecule has 8 nitrogen and oxygen atoms in total. The third-order valence-corrected chi connectivity index (χ3v) is 8.26. The van der Waals surface area contributed by atoms with Gasteiger partial charge in [0.15, 0.2) is 0 Å². The molecule has 3 heterocycles. The number of rotatable bonds is 6. The molecule has 3 aromatic rings. The molecule has 0 radical (unpaired) electrons. The summed E-state index contributed by atoms with van der Waals surface area (Å²) >= 11 is 7.59. The molecule has 1 atom stereocenters. The number of hydrogen-bond acceptors (Lipinski definition) is 7. The maximum Gasteiger partial charge on any atom is 0.412 e. The van der Waals surface area contributed by atoms with Crippen molar-refractivity contribution >= 4 is 52.0 Å². The monoisotopic (exact) mass is 582 g/mol. The normalized spacial score (nSPS) is 18.0. The van der Waals surface area contributed by atoms with E-state index in [-0.39, 0.29) is 5.91 Å². The van der Waals surface area contributed by atoms with E-state index < -0.39 is 11.7 Å². The number of anilines is 3. The van der Waals surface area contributed by atoms with Crippen molar-refractivity contribution in [3.8, 4) is 10.4 Å². The lowest BCUT2D eigenvalue weighted by Crippen LogP contribution is -2.44. The van der Waals surface area contributed by atoms with Crippen LogP contribution in [0.1, 0.15) is 37.6 Å². The highest BCUT2D eigenvalue weighted by Gasteiger charge is 2.29. The van der Waals surface area contributed by atoms with E-state index in [0.29, 0.717) is 27.3 Å². The maximum absolute atomic E-state index is 13.3. The second-order valence-corrected chi connectivity index (χ2v) is 12.7. The Hall–Kier alpha value is -3.11. The Morgan fingerprint density at radius 2 is 1.73 bits per heavy atom. The van der Waals surface area contributed by atoms with Crippen LogP contribution in [-0.2, 0) is 9.47 Å². The molecule has 0 saturated carbocycles. The molecule has 2 fully saturated rings. The van der Waals surface area contributed by atoms with Crippen molar-refractivity contribution in [3.05, 3.63) is 64.5 Å². The van der Waals surface area contributed by atoms with E-state index in [1.165, 1.54) is 11.3 Å². The summed E-state index contributed by atoms with van der Waals surface area (Å²) in [5, 5.41) is 5.75. The molecule has 2 aliphatic rings. The fourth-order valence-electron chi connectivity index (χ4n) is 5.03. The molecule has 2 aliphatic heterocycles. The number of nitrogens with one attached hydrogen (secondary N) is 2.